The number of nitrogens with zero attached hydrogens (tertiary/aromatic N) is 1. The normalized spacial score (nSPS) is 11.4. The fraction of sp³-hybridized carbons (Fsp3) is 0.200. The molecule has 0 atom stereocenters. The summed E-state index contributed by atoms with van der Waals surface area (Å²) in [6, 6.07) is 12.1. The highest BCUT2D eigenvalue weighted by molar-refractivity contribution is 7.89. The van der Waals surface area contributed by atoms with Gasteiger partial charge in [-0.15, -0.1) is 0 Å². The number of benzene rings is 2. The molecular formula is C20H21N3O4S. The largest absolute Gasteiger partial charge is 0.462 e. The van der Waals surface area contributed by atoms with E-state index in [9.17, 15) is 13.2 Å². The van der Waals surface area contributed by atoms with E-state index in [4.69, 9.17) is 4.74 Å². The van der Waals surface area contributed by atoms with Crippen molar-refractivity contribution in [2.24, 2.45) is 0 Å². The van der Waals surface area contributed by atoms with Gasteiger partial charge in [0.25, 0.3) is 0 Å². The van der Waals surface area contributed by atoms with Gasteiger partial charge in [-0.1, -0.05) is 17.7 Å². The second-order valence-electron chi connectivity index (χ2n) is 6.15. The molecule has 2 N–H and O–H groups in total. The van der Waals surface area contributed by atoms with Crippen LogP contribution >= 0.6 is 0 Å². The number of sulfonamides is 1. The molecule has 2 aromatic carbocycles. The molecule has 0 spiro atoms. The maximum atomic E-state index is 12.4. The minimum Gasteiger partial charge on any atom is -0.462 e. The van der Waals surface area contributed by atoms with Gasteiger partial charge in [0, 0.05) is 17.3 Å². The standard InChI is InChI=1S/C20H21N3O4S/c1-4-27-20(24)17-12-22-18-9-8-13(2)10-16(18)19(17)23-14-6-5-7-15(11-14)28(25,26)21-3/h5-12,21H,4H2,1-3H3,(H,22,23). The van der Waals surface area contributed by atoms with Gasteiger partial charge in [0.1, 0.15) is 5.56 Å². The highest BCUT2D eigenvalue weighted by Gasteiger charge is 2.18. The van der Waals surface area contributed by atoms with Gasteiger partial charge in [0.2, 0.25) is 10.0 Å². The Morgan fingerprint density at radius 3 is 2.68 bits per heavy atom. The van der Waals surface area contributed by atoms with Gasteiger partial charge in [-0.3, -0.25) is 4.98 Å². The number of anilines is 2. The fourth-order valence-corrected chi connectivity index (χ4v) is 3.58. The van der Waals surface area contributed by atoms with Gasteiger partial charge in [-0.05, 0) is 51.2 Å². The lowest BCUT2D eigenvalue weighted by atomic mass is 10.1. The summed E-state index contributed by atoms with van der Waals surface area (Å²) in [5.74, 6) is -0.500. The summed E-state index contributed by atoms with van der Waals surface area (Å²) < 4.78 is 31.6. The summed E-state index contributed by atoms with van der Waals surface area (Å²) in [5, 5.41) is 3.93. The number of hydrogen-bond acceptors (Lipinski definition) is 6. The van der Waals surface area contributed by atoms with Crippen LogP contribution in [0.1, 0.15) is 22.8 Å². The number of aryl methyl sites for hydroxylation is 1. The van der Waals surface area contributed by atoms with Crippen molar-refractivity contribution in [3.63, 3.8) is 0 Å². The molecule has 0 bridgehead atoms. The van der Waals surface area contributed by atoms with E-state index < -0.39 is 16.0 Å². The van der Waals surface area contributed by atoms with E-state index in [2.05, 4.69) is 15.0 Å². The lowest BCUT2D eigenvalue weighted by Gasteiger charge is -2.15. The van der Waals surface area contributed by atoms with Crippen LogP contribution in [-0.4, -0.2) is 33.0 Å². The van der Waals surface area contributed by atoms with Crippen LogP contribution in [0.3, 0.4) is 0 Å². The molecular weight excluding hydrogens is 378 g/mol. The summed E-state index contributed by atoms with van der Waals surface area (Å²) in [6.45, 7) is 3.91. The van der Waals surface area contributed by atoms with Crippen molar-refractivity contribution in [3.05, 3.63) is 59.8 Å². The van der Waals surface area contributed by atoms with Crippen molar-refractivity contribution >= 4 is 38.3 Å². The molecule has 0 amide bonds. The van der Waals surface area contributed by atoms with Crippen LogP contribution in [0.4, 0.5) is 11.4 Å². The molecule has 1 heterocycles. The zero-order chi connectivity index (χ0) is 20.3. The maximum Gasteiger partial charge on any atom is 0.341 e. The highest BCUT2D eigenvalue weighted by atomic mass is 32.2. The summed E-state index contributed by atoms with van der Waals surface area (Å²) >= 11 is 0. The lowest BCUT2D eigenvalue weighted by molar-refractivity contribution is 0.0527. The number of carbonyl (C=O) groups excluding carboxylic acids is 1. The molecule has 3 rings (SSSR count). The summed E-state index contributed by atoms with van der Waals surface area (Å²) in [7, 11) is -2.24. The molecule has 7 nitrogen and oxygen atoms in total. The molecule has 0 aliphatic rings. The van der Waals surface area contributed by atoms with Crippen LogP contribution in [0, 0.1) is 6.92 Å². The molecule has 146 valence electrons. The summed E-state index contributed by atoms with van der Waals surface area (Å²) in [4.78, 5) is 16.9. The third-order valence-corrected chi connectivity index (χ3v) is 5.61. The number of aromatic nitrogens is 1. The highest BCUT2D eigenvalue weighted by Crippen LogP contribution is 2.31. The van der Waals surface area contributed by atoms with Crippen LogP contribution in [0.25, 0.3) is 10.9 Å². The minimum absolute atomic E-state index is 0.118. The molecule has 28 heavy (non-hydrogen) atoms. The van der Waals surface area contributed by atoms with Gasteiger partial charge < -0.3 is 10.1 Å². The predicted molar refractivity (Wildman–Crippen MR) is 108 cm³/mol. The molecule has 0 aliphatic carbocycles. The van der Waals surface area contributed by atoms with Gasteiger partial charge in [0.15, 0.2) is 0 Å². The first-order valence-electron chi connectivity index (χ1n) is 8.73. The molecule has 0 radical (unpaired) electrons. The monoisotopic (exact) mass is 399 g/mol. The predicted octanol–water partition coefficient (Wildman–Crippen LogP) is 3.37. The maximum absolute atomic E-state index is 12.4. The van der Waals surface area contributed by atoms with E-state index in [1.807, 2.05) is 25.1 Å². The van der Waals surface area contributed by atoms with Crippen LogP contribution in [0.15, 0.2) is 53.6 Å². The Balaban J connectivity index is 2.16. The van der Waals surface area contributed by atoms with E-state index >= 15 is 0 Å². The average Bonchev–Trinajstić information content (AvgIpc) is 2.68. The number of esters is 1. The quantitative estimate of drug-likeness (QED) is 0.617. The van der Waals surface area contributed by atoms with Crippen molar-refractivity contribution in [1.29, 1.82) is 0 Å². The molecule has 3 aromatic rings. The molecule has 0 unspecified atom stereocenters. The summed E-state index contributed by atoms with van der Waals surface area (Å²) in [6.07, 6.45) is 1.46. The second kappa shape index (κ2) is 7.95. The number of fused-ring (bicyclic) bond motifs is 1. The number of nitrogens with one attached hydrogen (secondary N) is 2. The average molecular weight is 399 g/mol. The van der Waals surface area contributed by atoms with Crippen LogP contribution < -0.4 is 10.0 Å². The van der Waals surface area contributed by atoms with E-state index in [0.717, 1.165) is 10.9 Å². The minimum atomic E-state index is -3.59. The number of hydrogen-bond donors (Lipinski definition) is 2. The number of pyridine rings is 1. The Labute approximate surface area is 163 Å². The van der Waals surface area contributed by atoms with E-state index in [1.165, 1.54) is 25.4 Å². The van der Waals surface area contributed by atoms with Crippen molar-refractivity contribution in [1.82, 2.24) is 9.71 Å². The SMILES string of the molecule is CCOC(=O)c1cnc2ccc(C)cc2c1Nc1cccc(S(=O)(=O)NC)c1. The smallest absolute Gasteiger partial charge is 0.341 e. The molecule has 1 aromatic heterocycles. The van der Waals surface area contributed by atoms with E-state index in [0.29, 0.717) is 16.9 Å². The molecule has 0 saturated heterocycles. The first-order valence-corrected chi connectivity index (χ1v) is 10.2. The van der Waals surface area contributed by atoms with Gasteiger partial charge in [-0.25, -0.2) is 17.9 Å². The molecule has 8 heteroatoms. The van der Waals surface area contributed by atoms with Crippen molar-refractivity contribution in [2.75, 3.05) is 19.0 Å². The third kappa shape index (κ3) is 3.97. The zero-order valence-electron chi connectivity index (χ0n) is 15.8. The lowest BCUT2D eigenvalue weighted by Crippen LogP contribution is -2.18. The fourth-order valence-electron chi connectivity index (χ4n) is 2.81. The Morgan fingerprint density at radius 1 is 1.18 bits per heavy atom. The Kier molecular flexibility index (Phi) is 5.62. The molecule has 0 saturated carbocycles. The van der Waals surface area contributed by atoms with Gasteiger partial charge in [0.05, 0.1) is 22.7 Å². The van der Waals surface area contributed by atoms with Crippen LogP contribution in [0.5, 0.6) is 0 Å². The molecule has 0 fully saturated rings. The van der Waals surface area contributed by atoms with Crippen molar-refractivity contribution in [3.8, 4) is 0 Å². The third-order valence-electron chi connectivity index (χ3n) is 4.20. The molecule has 0 aliphatic heterocycles. The zero-order valence-corrected chi connectivity index (χ0v) is 16.6. The van der Waals surface area contributed by atoms with Crippen molar-refractivity contribution < 1.29 is 17.9 Å². The van der Waals surface area contributed by atoms with Gasteiger partial charge >= 0.3 is 5.97 Å². The Morgan fingerprint density at radius 2 is 1.96 bits per heavy atom. The first kappa shape index (κ1) is 19.8. The number of carbonyl (C=O) groups is 1. The van der Waals surface area contributed by atoms with Crippen LogP contribution in [-0.2, 0) is 14.8 Å². The Bertz CT molecular complexity index is 1140. The first-order chi connectivity index (χ1) is 13.4. The van der Waals surface area contributed by atoms with Crippen LogP contribution in [0.2, 0.25) is 0 Å². The second-order valence-corrected chi connectivity index (χ2v) is 8.03. The van der Waals surface area contributed by atoms with Gasteiger partial charge in [-0.2, -0.15) is 0 Å². The summed E-state index contributed by atoms with van der Waals surface area (Å²) in [5.41, 5.74) is 3.04. The topological polar surface area (TPSA) is 97.4 Å². The van der Waals surface area contributed by atoms with Crippen molar-refractivity contribution in [2.45, 2.75) is 18.7 Å². The number of rotatable bonds is 6. The number of ether oxygens (including phenoxy) is 1. The Hall–Kier alpha value is -2.97. The van der Waals surface area contributed by atoms with E-state index in [-0.39, 0.29) is 17.1 Å². The van der Waals surface area contributed by atoms with E-state index in [1.54, 1.807) is 19.1 Å².